The van der Waals surface area contributed by atoms with Crippen LogP contribution >= 0.6 is 0 Å². The van der Waals surface area contributed by atoms with Crippen LogP contribution in [0.1, 0.15) is 27.2 Å². The Hall–Kier alpha value is -1.14. The second-order valence-electron chi connectivity index (χ2n) is 4.21. The average molecular weight is 219 g/mol. The fraction of sp³-hybridized carbons (Fsp3) is 0.778. The van der Waals surface area contributed by atoms with Crippen LogP contribution in [0.5, 0.6) is 0 Å². The highest BCUT2D eigenvalue weighted by Gasteiger charge is 2.46. The first-order valence-corrected chi connectivity index (χ1v) is 4.53. The molecule has 6 heteroatoms. The molecule has 0 aromatic rings. The monoisotopic (exact) mass is 219 g/mol. The molecular weight excluding hydrogens is 202 g/mol. The van der Waals surface area contributed by atoms with Crippen LogP contribution in [0, 0.1) is 0 Å². The van der Waals surface area contributed by atoms with E-state index < -0.39 is 23.1 Å². The summed E-state index contributed by atoms with van der Waals surface area (Å²) >= 11 is 0. The second kappa shape index (κ2) is 4.59. The van der Waals surface area contributed by atoms with Gasteiger partial charge in [-0.15, -0.1) is 0 Å². The van der Waals surface area contributed by atoms with E-state index in [1.54, 1.807) is 20.8 Å². The van der Waals surface area contributed by atoms with Gasteiger partial charge in [0.05, 0.1) is 0 Å². The Kier molecular flexibility index (Phi) is 4.24. The lowest BCUT2D eigenvalue weighted by atomic mass is 10.00. The largest absolute Gasteiger partial charge is 0.479 e. The van der Waals surface area contributed by atoms with E-state index in [4.69, 9.17) is 15.6 Å². The summed E-state index contributed by atoms with van der Waals surface area (Å²) in [4.78, 5) is 22.1. The summed E-state index contributed by atoms with van der Waals surface area (Å²) in [6, 6.07) is 0. The van der Waals surface area contributed by atoms with Gasteiger partial charge in [0.2, 0.25) is 0 Å². The maximum atomic E-state index is 11.4. The minimum atomic E-state index is -2.55. The Morgan fingerprint density at radius 1 is 1.33 bits per heavy atom. The molecule has 0 spiro atoms. The summed E-state index contributed by atoms with van der Waals surface area (Å²) in [5, 5.41) is 18.3. The molecule has 0 saturated heterocycles. The van der Waals surface area contributed by atoms with Gasteiger partial charge in [0.1, 0.15) is 5.60 Å². The summed E-state index contributed by atoms with van der Waals surface area (Å²) in [6.07, 6.45) is -0.378. The Bertz CT molecular complexity index is 258. The molecule has 15 heavy (non-hydrogen) atoms. The number of aliphatic hydroxyl groups is 1. The van der Waals surface area contributed by atoms with Gasteiger partial charge < -0.3 is 20.7 Å². The molecule has 0 rings (SSSR count). The number of carbonyl (C=O) groups is 2. The van der Waals surface area contributed by atoms with E-state index in [-0.39, 0.29) is 13.0 Å². The van der Waals surface area contributed by atoms with Crippen molar-refractivity contribution in [2.24, 2.45) is 5.73 Å². The fourth-order valence-corrected chi connectivity index (χ4v) is 0.868. The molecule has 88 valence electrons. The van der Waals surface area contributed by atoms with Gasteiger partial charge in [-0.25, -0.2) is 9.59 Å². The van der Waals surface area contributed by atoms with Crippen molar-refractivity contribution >= 4 is 11.9 Å². The topological polar surface area (TPSA) is 110 Å². The third-order valence-corrected chi connectivity index (χ3v) is 1.60. The first-order chi connectivity index (χ1) is 6.63. The summed E-state index contributed by atoms with van der Waals surface area (Å²) in [6.45, 7) is 4.61. The lowest BCUT2D eigenvalue weighted by molar-refractivity contribution is -0.188. The third-order valence-electron chi connectivity index (χ3n) is 1.60. The van der Waals surface area contributed by atoms with E-state index in [0.29, 0.717) is 0 Å². The fourth-order valence-electron chi connectivity index (χ4n) is 0.868. The molecule has 0 aliphatic rings. The predicted octanol–water partition coefficient (Wildman–Crippen LogP) is -0.507. The lowest BCUT2D eigenvalue weighted by Gasteiger charge is -2.26. The first kappa shape index (κ1) is 13.9. The highest BCUT2D eigenvalue weighted by Crippen LogP contribution is 2.17. The van der Waals surface area contributed by atoms with Crippen LogP contribution in [0.4, 0.5) is 0 Å². The van der Waals surface area contributed by atoms with E-state index in [1.807, 2.05) is 0 Å². The van der Waals surface area contributed by atoms with E-state index >= 15 is 0 Å². The third kappa shape index (κ3) is 3.85. The van der Waals surface area contributed by atoms with Crippen molar-refractivity contribution < 1.29 is 24.5 Å². The molecule has 1 atom stereocenters. The molecule has 0 saturated carbocycles. The molecule has 4 N–H and O–H groups in total. The maximum absolute atomic E-state index is 11.4. The van der Waals surface area contributed by atoms with E-state index in [0.717, 1.165) is 0 Å². The predicted molar refractivity (Wildman–Crippen MR) is 52.1 cm³/mol. The number of carboxylic acids is 1. The molecule has 0 aromatic carbocycles. The van der Waals surface area contributed by atoms with Crippen LogP contribution < -0.4 is 5.73 Å². The minimum Gasteiger partial charge on any atom is -0.479 e. The molecule has 0 bridgehead atoms. The first-order valence-electron chi connectivity index (χ1n) is 4.53. The number of ether oxygens (including phenoxy) is 1. The molecule has 1 unspecified atom stereocenters. The van der Waals surface area contributed by atoms with Gasteiger partial charge in [-0.1, -0.05) is 0 Å². The zero-order valence-electron chi connectivity index (χ0n) is 9.11. The van der Waals surface area contributed by atoms with Crippen molar-refractivity contribution in [2.75, 3.05) is 6.54 Å². The molecule has 0 aromatic heterocycles. The molecule has 0 fully saturated rings. The maximum Gasteiger partial charge on any atom is 0.350 e. The number of aliphatic carboxylic acids is 1. The van der Waals surface area contributed by atoms with Crippen LogP contribution in [0.3, 0.4) is 0 Å². The second-order valence-corrected chi connectivity index (χ2v) is 4.21. The van der Waals surface area contributed by atoms with Crippen molar-refractivity contribution in [3.8, 4) is 0 Å². The summed E-state index contributed by atoms with van der Waals surface area (Å²) < 4.78 is 4.79. The normalized spacial score (nSPS) is 15.5. The Balaban J connectivity index is 4.79. The Labute approximate surface area is 88.0 Å². The van der Waals surface area contributed by atoms with Crippen LogP contribution in [0.2, 0.25) is 0 Å². The smallest absolute Gasteiger partial charge is 0.350 e. The van der Waals surface area contributed by atoms with Crippen molar-refractivity contribution in [3.63, 3.8) is 0 Å². The van der Waals surface area contributed by atoms with Gasteiger partial charge in [0, 0.05) is 6.42 Å². The van der Waals surface area contributed by atoms with Crippen LogP contribution in [0.15, 0.2) is 0 Å². The lowest BCUT2D eigenvalue weighted by Crippen LogP contribution is -2.51. The van der Waals surface area contributed by atoms with Gasteiger partial charge in [0.25, 0.3) is 5.60 Å². The van der Waals surface area contributed by atoms with Crippen molar-refractivity contribution in [1.82, 2.24) is 0 Å². The number of rotatable bonds is 4. The van der Waals surface area contributed by atoms with E-state index in [2.05, 4.69) is 0 Å². The van der Waals surface area contributed by atoms with Crippen LogP contribution in [0.25, 0.3) is 0 Å². The van der Waals surface area contributed by atoms with Crippen molar-refractivity contribution in [2.45, 2.75) is 38.4 Å². The zero-order chi connectivity index (χ0) is 12.3. The van der Waals surface area contributed by atoms with Gasteiger partial charge >= 0.3 is 11.9 Å². The number of carboxylic acid groups (broad SMARTS) is 1. The van der Waals surface area contributed by atoms with Gasteiger partial charge in [-0.2, -0.15) is 0 Å². The summed E-state index contributed by atoms with van der Waals surface area (Å²) in [5.41, 5.74) is 1.72. The number of esters is 1. The molecule has 0 radical (unpaired) electrons. The number of carbonyl (C=O) groups excluding carboxylic acids is 1. The quantitative estimate of drug-likeness (QED) is 0.434. The minimum absolute atomic E-state index is 0.123. The van der Waals surface area contributed by atoms with Crippen molar-refractivity contribution in [3.05, 3.63) is 0 Å². The Morgan fingerprint density at radius 2 is 1.80 bits per heavy atom. The van der Waals surface area contributed by atoms with Gasteiger partial charge in [-0.05, 0) is 27.3 Å². The average Bonchev–Trinajstić information content (AvgIpc) is 2.00. The highest BCUT2D eigenvalue weighted by atomic mass is 16.6. The zero-order valence-corrected chi connectivity index (χ0v) is 9.11. The van der Waals surface area contributed by atoms with Crippen molar-refractivity contribution in [1.29, 1.82) is 0 Å². The van der Waals surface area contributed by atoms with Gasteiger partial charge in [0.15, 0.2) is 0 Å². The molecule has 0 aliphatic heterocycles. The summed E-state index contributed by atoms with van der Waals surface area (Å²) in [7, 11) is 0. The number of hydrogen-bond acceptors (Lipinski definition) is 5. The standard InChI is InChI=1S/C9H17NO5/c1-8(2,3)15-7(13)9(14,4-5-10)6(11)12/h14H,4-5,10H2,1-3H3,(H,11,12). The SMILES string of the molecule is CC(C)(C)OC(=O)C(O)(CCN)C(=O)O. The molecule has 6 nitrogen and oxygen atoms in total. The number of nitrogens with two attached hydrogens (primary N) is 1. The van der Waals surface area contributed by atoms with Crippen LogP contribution in [-0.4, -0.2) is 39.9 Å². The molecule has 0 amide bonds. The number of hydrogen-bond donors (Lipinski definition) is 3. The summed E-state index contributed by atoms with van der Waals surface area (Å²) in [5.74, 6) is -2.84. The molecule has 0 aliphatic carbocycles. The molecular formula is C9H17NO5. The highest BCUT2D eigenvalue weighted by molar-refractivity contribution is 6.02. The van der Waals surface area contributed by atoms with Gasteiger partial charge in [-0.3, -0.25) is 0 Å². The molecule has 0 heterocycles. The Morgan fingerprint density at radius 3 is 2.07 bits per heavy atom. The van der Waals surface area contributed by atoms with Crippen LogP contribution in [-0.2, 0) is 14.3 Å². The van der Waals surface area contributed by atoms with E-state index in [9.17, 15) is 14.7 Å². The van der Waals surface area contributed by atoms with E-state index in [1.165, 1.54) is 0 Å².